The van der Waals surface area contributed by atoms with Gasteiger partial charge in [0.1, 0.15) is 5.54 Å². The van der Waals surface area contributed by atoms with Crippen molar-refractivity contribution in [2.45, 2.75) is 44.6 Å². The SMILES string of the molecule is COCCCN1C(=O)NC(=O)C12CCC(C)CC2. The van der Waals surface area contributed by atoms with Gasteiger partial charge in [-0.1, -0.05) is 6.92 Å². The largest absolute Gasteiger partial charge is 0.385 e. The van der Waals surface area contributed by atoms with Crippen molar-refractivity contribution in [2.24, 2.45) is 5.92 Å². The van der Waals surface area contributed by atoms with E-state index >= 15 is 0 Å². The molecule has 0 unspecified atom stereocenters. The maximum Gasteiger partial charge on any atom is 0.325 e. The molecule has 1 saturated carbocycles. The third-order valence-corrected chi connectivity index (χ3v) is 4.24. The van der Waals surface area contributed by atoms with Crippen LogP contribution < -0.4 is 5.32 Å². The molecule has 0 radical (unpaired) electrons. The molecular weight excluding hydrogens is 232 g/mol. The number of hydrogen-bond donors (Lipinski definition) is 1. The third-order valence-electron chi connectivity index (χ3n) is 4.24. The van der Waals surface area contributed by atoms with Crippen molar-refractivity contribution < 1.29 is 14.3 Å². The number of nitrogens with one attached hydrogen (secondary N) is 1. The Morgan fingerprint density at radius 3 is 2.67 bits per heavy atom. The predicted molar refractivity (Wildman–Crippen MR) is 67.1 cm³/mol. The monoisotopic (exact) mass is 254 g/mol. The van der Waals surface area contributed by atoms with Crippen LogP contribution in [0.25, 0.3) is 0 Å². The van der Waals surface area contributed by atoms with Crippen molar-refractivity contribution in [3.05, 3.63) is 0 Å². The third kappa shape index (κ3) is 2.23. The number of amides is 3. The summed E-state index contributed by atoms with van der Waals surface area (Å²) >= 11 is 0. The molecule has 5 heteroatoms. The lowest BCUT2D eigenvalue weighted by atomic mass is 9.76. The molecule has 2 aliphatic rings. The van der Waals surface area contributed by atoms with Crippen LogP contribution in [0.2, 0.25) is 0 Å². The molecule has 18 heavy (non-hydrogen) atoms. The minimum Gasteiger partial charge on any atom is -0.385 e. The molecule has 1 heterocycles. The van der Waals surface area contributed by atoms with Crippen LogP contribution in [0.4, 0.5) is 4.79 Å². The molecule has 1 spiro atoms. The molecule has 1 aliphatic carbocycles. The highest BCUT2D eigenvalue weighted by atomic mass is 16.5. The first-order valence-electron chi connectivity index (χ1n) is 6.72. The van der Waals surface area contributed by atoms with Gasteiger partial charge in [0, 0.05) is 20.3 Å². The van der Waals surface area contributed by atoms with Crippen LogP contribution in [0.1, 0.15) is 39.0 Å². The van der Waals surface area contributed by atoms with Crippen LogP contribution >= 0.6 is 0 Å². The second-order valence-electron chi connectivity index (χ2n) is 5.47. The fourth-order valence-corrected chi connectivity index (χ4v) is 3.02. The minimum atomic E-state index is -0.572. The summed E-state index contributed by atoms with van der Waals surface area (Å²) < 4.78 is 5.01. The number of ether oxygens (including phenoxy) is 1. The van der Waals surface area contributed by atoms with Gasteiger partial charge in [0.05, 0.1) is 0 Å². The second-order valence-corrected chi connectivity index (χ2v) is 5.47. The summed E-state index contributed by atoms with van der Waals surface area (Å²) in [6.07, 6.45) is 4.38. The van der Waals surface area contributed by atoms with Gasteiger partial charge >= 0.3 is 6.03 Å². The summed E-state index contributed by atoms with van der Waals surface area (Å²) in [4.78, 5) is 25.7. The number of hydrogen-bond acceptors (Lipinski definition) is 3. The fraction of sp³-hybridized carbons (Fsp3) is 0.846. The first-order chi connectivity index (χ1) is 8.60. The molecule has 0 aromatic carbocycles. The lowest BCUT2D eigenvalue weighted by molar-refractivity contribution is -0.128. The van der Waals surface area contributed by atoms with Crippen LogP contribution in [0, 0.1) is 5.92 Å². The van der Waals surface area contributed by atoms with Gasteiger partial charge in [-0.15, -0.1) is 0 Å². The smallest absolute Gasteiger partial charge is 0.325 e. The fourth-order valence-electron chi connectivity index (χ4n) is 3.02. The first kappa shape index (κ1) is 13.3. The topological polar surface area (TPSA) is 58.6 Å². The number of rotatable bonds is 4. The van der Waals surface area contributed by atoms with Gasteiger partial charge in [-0.3, -0.25) is 10.1 Å². The summed E-state index contributed by atoms with van der Waals surface area (Å²) in [6, 6.07) is -0.231. The average Bonchev–Trinajstić information content (AvgIpc) is 2.57. The summed E-state index contributed by atoms with van der Waals surface area (Å²) in [5, 5.41) is 2.48. The highest BCUT2D eigenvalue weighted by Crippen LogP contribution is 2.39. The van der Waals surface area contributed by atoms with Gasteiger partial charge in [-0.25, -0.2) is 4.79 Å². The Labute approximate surface area is 108 Å². The number of methoxy groups -OCH3 is 1. The zero-order valence-corrected chi connectivity index (χ0v) is 11.2. The van der Waals surface area contributed by atoms with Gasteiger partial charge in [-0.2, -0.15) is 0 Å². The number of nitrogens with zero attached hydrogens (tertiary/aromatic N) is 1. The summed E-state index contributed by atoms with van der Waals surface area (Å²) in [6.45, 7) is 3.42. The Morgan fingerprint density at radius 1 is 1.39 bits per heavy atom. The van der Waals surface area contributed by atoms with E-state index in [-0.39, 0.29) is 11.9 Å². The zero-order chi connectivity index (χ0) is 13.2. The van der Waals surface area contributed by atoms with E-state index in [2.05, 4.69) is 12.2 Å². The van der Waals surface area contributed by atoms with Crippen LogP contribution in [0.15, 0.2) is 0 Å². The Morgan fingerprint density at radius 2 is 2.06 bits per heavy atom. The van der Waals surface area contributed by atoms with Gasteiger partial charge in [0.15, 0.2) is 0 Å². The average molecular weight is 254 g/mol. The van der Waals surface area contributed by atoms with E-state index in [4.69, 9.17) is 4.74 Å². The summed E-state index contributed by atoms with van der Waals surface area (Å²) in [7, 11) is 1.65. The highest BCUT2D eigenvalue weighted by Gasteiger charge is 2.53. The van der Waals surface area contributed by atoms with Gasteiger partial charge in [-0.05, 0) is 38.0 Å². The van der Waals surface area contributed by atoms with Crippen molar-refractivity contribution in [3.63, 3.8) is 0 Å². The predicted octanol–water partition coefficient (Wildman–Crippen LogP) is 1.52. The van der Waals surface area contributed by atoms with Crippen molar-refractivity contribution in [3.8, 4) is 0 Å². The second kappa shape index (κ2) is 5.26. The van der Waals surface area contributed by atoms with E-state index in [0.717, 1.165) is 32.1 Å². The summed E-state index contributed by atoms with van der Waals surface area (Å²) in [5.74, 6) is 0.553. The Hall–Kier alpha value is -1.10. The normalized spacial score (nSPS) is 32.1. The van der Waals surface area contributed by atoms with Crippen molar-refractivity contribution in [1.82, 2.24) is 10.2 Å². The van der Waals surface area contributed by atoms with E-state index in [1.54, 1.807) is 12.0 Å². The molecule has 1 saturated heterocycles. The van der Waals surface area contributed by atoms with Gasteiger partial charge in [0.2, 0.25) is 0 Å². The molecule has 0 aromatic rings. The molecule has 102 valence electrons. The van der Waals surface area contributed by atoms with E-state index < -0.39 is 5.54 Å². The zero-order valence-electron chi connectivity index (χ0n) is 11.2. The Kier molecular flexibility index (Phi) is 3.90. The Balaban J connectivity index is 2.09. The number of imide groups is 1. The van der Waals surface area contributed by atoms with Crippen LogP contribution in [0.3, 0.4) is 0 Å². The lowest BCUT2D eigenvalue weighted by Crippen LogP contribution is -2.52. The standard InChI is InChI=1S/C13H22N2O3/c1-10-4-6-13(7-5-10)11(16)14-12(17)15(13)8-3-9-18-2/h10H,3-9H2,1-2H3,(H,14,16,17). The van der Waals surface area contributed by atoms with E-state index in [1.165, 1.54) is 0 Å². The number of urea groups is 1. The minimum absolute atomic E-state index is 0.100. The molecule has 0 atom stereocenters. The summed E-state index contributed by atoms with van der Waals surface area (Å²) in [5.41, 5.74) is -0.572. The number of carbonyl (C=O) groups excluding carboxylic acids is 2. The maximum absolute atomic E-state index is 12.1. The molecule has 1 N–H and O–H groups in total. The lowest BCUT2D eigenvalue weighted by Gasteiger charge is -2.40. The molecule has 0 aromatic heterocycles. The molecule has 0 bridgehead atoms. The van der Waals surface area contributed by atoms with Gasteiger partial charge in [0.25, 0.3) is 5.91 Å². The molecule has 5 nitrogen and oxygen atoms in total. The first-order valence-corrected chi connectivity index (χ1v) is 6.72. The Bertz CT molecular complexity index is 335. The van der Waals surface area contributed by atoms with Crippen LogP contribution in [-0.2, 0) is 9.53 Å². The van der Waals surface area contributed by atoms with Crippen molar-refractivity contribution >= 4 is 11.9 Å². The van der Waals surface area contributed by atoms with Crippen molar-refractivity contribution in [1.29, 1.82) is 0 Å². The quantitative estimate of drug-likeness (QED) is 0.611. The van der Waals surface area contributed by atoms with E-state index in [9.17, 15) is 9.59 Å². The van der Waals surface area contributed by atoms with Gasteiger partial charge < -0.3 is 9.64 Å². The van der Waals surface area contributed by atoms with Crippen LogP contribution in [-0.4, -0.2) is 42.6 Å². The van der Waals surface area contributed by atoms with E-state index in [1.807, 2.05) is 0 Å². The molecular formula is C13H22N2O3. The van der Waals surface area contributed by atoms with Crippen molar-refractivity contribution in [2.75, 3.05) is 20.3 Å². The van der Waals surface area contributed by atoms with E-state index in [0.29, 0.717) is 19.1 Å². The molecule has 2 fully saturated rings. The van der Waals surface area contributed by atoms with Crippen LogP contribution in [0.5, 0.6) is 0 Å². The number of carbonyl (C=O) groups is 2. The molecule has 1 aliphatic heterocycles. The molecule has 2 rings (SSSR count). The molecule has 3 amide bonds. The highest BCUT2D eigenvalue weighted by molar-refractivity contribution is 6.07. The maximum atomic E-state index is 12.1.